The first kappa shape index (κ1) is 22.4. The van der Waals surface area contributed by atoms with E-state index >= 15 is 0 Å². The summed E-state index contributed by atoms with van der Waals surface area (Å²) < 4.78 is 44.3. The standard InChI is InChI=1S/C20H24F3N5O3/c1-3-13(2)10-27-7-6-26(12-25-27)17-5-4-14(8-16(17)21)28-11-15(31-20(28)30)9-24-19(29)18(22)23/h4-5,8,12,15,18H,2-3,6-7,9-11H2,1H3,(H,24,29). The molecular weight excluding hydrogens is 415 g/mol. The number of hydrazone groups is 1. The number of carbonyl (C=O) groups is 2. The lowest BCUT2D eigenvalue weighted by Gasteiger charge is -2.30. The second kappa shape index (κ2) is 9.71. The maximum Gasteiger partial charge on any atom is 0.414 e. The van der Waals surface area contributed by atoms with E-state index < -0.39 is 30.3 Å². The van der Waals surface area contributed by atoms with Gasteiger partial charge in [-0.05, 0) is 24.6 Å². The summed E-state index contributed by atoms with van der Waals surface area (Å²) in [6.07, 6.45) is -2.28. The van der Waals surface area contributed by atoms with Crippen molar-refractivity contribution >= 4 is 29.7 Å². The number of nitrogens with one attached hydrogen (secondary N) is 1. The van der Waals surface area contributed by atoms with Crippen LogP contribution in [0.3, 0.4) is 0 Å². The zero-order chi connectivity index (χ0) is 22.5. The summed E-state index contributed by atoms with van der Waals surface area (Å²) in [5, 5.41) is 8.18. The van der Waals surface area contributed by atoms with E-state index in [4.69, 9.17) is 4.74 Å². The number of ether oxygens (including phenoxy) is 1. The van der Waals surface area contributed by atoms with Gasteiger partial charge in [0.1, 0.15) is 18.3 Å². The molecule has 11 heteroatoms. The summed E-state index contributed by atoms with van der Waals surface area (Å²) in [7, 11) is 0. The van der Waals surface area contributed by atoms with Crippen molar-refractivity contribution in [1.82, 2.24) is 10.3 Å². The molecule has 2 aliphatic heterocycles. The molecule has 168 valence electrons. The Hall–Kier alpha value is -3.24. The minimum absolute atomic E-state index is 0.00257. The van der Waals surface area contributed by atoms with Crippen LogP contribution in [0.5, 0.6) is 0 Å². The summed E-state index contributed by atoms with van der Waals surface area (Å²) in [6.45, 7) is 7.53. The molecule has 1 unspecified atom stereocenters. The van der Waals surface area contributed by atoms with Crippen LogP contribution in [-0.2, 0) is 9.53 Å². The third kappa shape index (κ3) is 5.47. The van der Waals surface area contributed by atoms with Gasteiger partial charge in [-0.25, -0.2) is 9.18 Å². The molecule has 1 aromatic carbocycles. The lowest BCUT2D eigenvalue weighted by atomic mass is 10.2. The number of cyclic esters (lactones) is 1. The van der Waals surface area contributed by atoms with Gasteiger partial charge in [0.05, 0.1) is 37.6 Å². The number of anilines is 2. The second-order valence-corrected chi connectivity index (χ2v) is 7.21. The summed E-state index contributed by atoms with van der Waals surface area (Å²) in [6, 6.07) is 4.31. The Bertz CT molecular complexity index is 880. The fraction of sp³-hybridized carbons (Fsp3) is 0.450. The minimum atomic E-state index is -3.15. The Morgan fingerprint density at radius 1 is 1.39 bits per heavy atom. The van der Waals surface area contributed by atoms with Crippen LogP contribution in [0.15, 0.2) is 35.5 Å². The van der Waals surface area contributed by atoms with Crippen molar-refractivity contribution in [1.29, 1.82) is 0 Å². The third-order valence-electron chi connectivity index (χ3n) is 4.99. The highest BCUT2D eigenvalue weighted by Gasteiger charge is 2.33. The zero-order valence-electron chi connectivity index (χ0n) is 17.1. The molecule has 31 heavy (non-hydrogen) atoms. The lowest BCUT2D eigenvalue weighted by Crippen LogP contribution is -2.39. The van der Waals surface area contributed by atoms with Crippen molar-refractivity contribution in [2.45, 2.75) is 25.9 Å². The van der Waals surface area contributed by atoms with Crippen molar-refractivity contribution < 1.29 is 27.5 Å². The third-order valence-corrected chi connectivity index (χ3v) is 4.99. The van der Waals surface area contributed by atoms with Gasteiger partial charge < -0.3 is 15.0 Å². The summed E-state index contributed by atoms with van der Waals surface area (Å²) in [5.41, 5.74) is 1.64. The van der Waals surface area contributed by atoms with Crippen LogP contribution in [0.1, 0.15) is 13.3 Å². The van der Waals surface area contributed by atoms with E-state index in [1.807, 2.05) is 17.2 Å². The normalized spacial score (nSPS) is 18.5. The predicted octanol–water partition coefficient (Wildman–Crippen LogP) is 2.56. The number of nitrogens with zero attached hydrogens (tertiary/aromatic N) is 4. The molecule has 3 rings (SSSR count). The van der Waals surface area contributed by atoms with Crippen LogP contribution >= 0.6 is 0 Å². The van der Waals surface area contributed by atoms with Crippen molar-refractivity contribution in [3.05, 3.63) is 36.2 Å². The zero-order valence-corrected chi connectivity index (χ0v) is 17.1. The van der Waals surface area contributed by atoms with E-state index in [1.54, 1.807) is 17.3 Å². The predicted molar refractivity (Wildman–Crippen MR) is 110 cm³/mol. The summed E-state index contributed by atoms with van der Waals surface area (Å²) in [5.74, 6) is -1.98. The number of hydrogen-bond acceptors (Lipinski definition) is 6. The van der Waals surface area contributed by atoms with Crippen LogP contribution < -0.4 is 15.1 Å². The molecule has 1 atom stereocenters. The maximum absolute atomic E-state index is 14.8. The molecule has 1 fully saturated rings. The minimum Gasteiger partial charge on any atom is -0.442 e. The second-order valence-electron chi connectivity index (χ2n) is 7.21. The van der Waals surface area contributed by atoms with Gasteiger partial charge in [-0.3, -0.25) is 14.7 Å². The number of hydrogen-bond donors (Lipinski definition) is 1. The first-order chi connectivity index (χ1) is 14.8. The largest absolute Gasteiger partial charge is 0.442 e. The monoisotopic (exact) mass is 439 g/mol. The van der Waals surface area contributed by atoms with Crippen molar-refractivity contribution in [3.8, 4) is 0 Å². The van der Waals surface area contributed by atoms with E-state index in [1.165, 1.54) is 17.0 Å². The quantitative estimate of drug-likeness (QED) is 0.630. The van der Waals surface area contributed by atoms with E-state index in [-0.39, 0.29) is 18.8 Å². The first-order valence-electron chi connectivity index (χ1n) is 9.84. The van der Waals surface area contributed by atoms with Crippen molar-refractivity contribution in [2.75, 3.05) is 42.5 Å². The van der Waals surface area contributed by atoms with Gasteiger partial charge in [0.15, 0.2) is 0 Å². The van der Waals surface area contributed by atoms with Crippen LogP contribution in [-0.4, -0.2) is 68.6 Å². The fourth-order valence-corrected chi connectivity index (χ4v) is 3.17. The number of amides is 2. The molecule has 0 aliphatic carbocycles. The number of halogens is 3. The molecule has 1 N–H and O–H groups in total. The Labute approximate surface area is 177 Å². The summed E-state index contributed by atoms with van der Waals surface area (Å²) >= 11 is 0. The van der Waals surface area contributed by atoms with Gasteiger partial charge >= 0.3 is 12.5 Å². The number of rotatable bonds is 8. The van der Waals surface area contributed by atoms with Crippen molar-refractivity contribution in [3.63, 3.8) is 0 Å². The van der Waals surface area contributed by atoms with Crippen LogP contribution in [0.25, 0.3) is 0 Å². The highest BCUT2D eigenvalue weighted by molar-refractivity contribution is 5.90. The molecule has 1 aromatic rings. The van der Waals surface area contributed by atoms with Gasteiger partial charge in [0.25, 0.3) is 5.91 Å². The lowest BCUT2D eigenvalue weighted by molar-refractivity contribution is -0.132. The van der Waals surface area contributed by atoms with Gasteiger partial charge in [-0.15, -0.1) is 0 Å². The number of carbonyl (C=O) groups excluding carboxylic acids is 2. The topological polar surface area (TPSA) is 77.5 Å². The van der Waals surface area contributed by atoms with Gasteiger partial charge in [0.2, 0.25) is 0 Å². The van der Waals surface area contributed by atoms with Crippen LogP contribution in [0.4, 0.5) is 29.3 Å². The van der Waals surface area contributed by atoms with E-state index in [0.29, 0.717) is 25.3 Å². The summed E-state index contributed by atoms with van der Waals surface area (Å²) in [4.78, 5) is 25.9. The van der Waals surface area contributed by atoms with Crippen LogP contribution in [0.2, 0.25) is 0 Å². The first-order valence-corrected chi connectivity index (χ1v) is 9.84. The van der Waals surface area contributed by atoms with Crippen molar-refractivity contribution in [2.24, 2.45) is 5.10 Å². The number of alkyl halides is 2. The molecule has 0 spiro atoms. The maximum atomic E-state index is 14.8. The molecule has 0 aromatic heterocycles. The molecule has 0 saturated carbocycles. The smallest absolute Gasteiger partial charge is 0.414 e. The highest BCUT2D eigenvalue weighted by Crippen LogP contribution is 2.28. The molecule has 8 nitrogen and oxygen atoms in total. The fourth-order valence-electron chi connectivity index (χ4n) is 3.17. The number of benzene rings is 1. The average molecular weight is 439 g/mol. The van der Waals surface area contributed by atoms with Gasteiger partial charge in [-0.1, -0.05) is 19.1 Å². The SMILES string of the molecule is C=C(CC)CN1CCN(c2ccc(N3CC(CNC(=O)C(F)F)OC3=O)cc2F)C=N1. The molecule has 2 heterocycles. The Balaban J connectivity index is 1.62. The molecule has 2 amide bonds. The Morgan fingerprint density at radius 3 is 2.77 bits per heavy atom. The van der Waals surface area contributed by atoms with E-state index in [9.17, 15) is 22.8 Å². The molecule has 0 bridgehead atoms. The average Bonchev–Trinajstić information content (AvgIpc) is 3.13. The molecule has 0 radical (unpaired) electrons. The van der Waals surface area contributed by atoms with E-state index in [2.05, 4.69) is 11.7 Å². The highest BCUT2D eigenvalue weighted by atomic mass is 19.3. The molecular formula is C20H24F3N5O3. The van der Waals surface area contributed by atoms with E-state index in [0.717, 1.165) is 12.0 Å². The molecule has 2 aliphatic rings. The Morgan fingerprint density at radius 2 is 2.16 bits per heavy atom. The van der Waals surface area contributed by atoms with Gasteiger partial charge in [0, 0.05) is 6.54 Å². The van der Waals surface area contributed by atoms with Gasteiger partial charge in [-0.2, -0.15) is 13.9 Å². The Kier molecular flexibility index (Phi) is 7.03. The van der Waals surface area contributed by atoms with Crippen LogP contribution in [0, 0.1) is 5.82 Å². The molecule has 1 saturated heterocycles.